The van der Waals surface area contributed by atoms with Gasteiger partial charge in [-0.2, -0.15) is 5.26 Å². The molecule has 1 aromatic heterocycles. The van der Waals surface area contributed by atoms with Crippen LogP contribution in [0.4, 0.5) is 17.1 Å². The number of nitriles is 1. The molecule has 0 saturated heterocycles. The van der Waals surface area contributed by atoms with Crippen LogP contribution in [-0.4, -0.2) is 22.1 Å². The van der Waals surface area contributed by atoms with Gasteiger partial charge in [-0.15, -0.1) is 0 Å². The Morgan fingerprint density at radius 2 is 1.82 bits per heavy atom. The van der Waals surface area contributed by atoms with Crippen molar-refractivity contribution in [3.05, 3.63) is 102 Å². The number of hydrogen-bond acceptors (Lipinski definition) is 5. The third-order valence-electron chi connectivity index (χ3n) is 4.81. The average molecular weight is 458 g/mol. The van der Waals surface area contributed by atoms with E-state index in [9.17, 15) is 4.79 Å². The van der Waals surface area contributed by atoms with Crippen molar-refractivity contribution in [2.75, 3.05) is 17.2 Å². The van der Waals surface area contributed by atoms with Gasteiger partial charge in [0.1, 0.15) is 12.4 Å². The third kappa shape index (κ3) is 5.91. The largest absolute Gasteiger partial charge is 0.492 e. The third-order valence-corrected chi connectivity index (χ3v) is 5.14. The molecule has 0 aliphatic heterocycles. The Morgan fingerprint density at radius 1 is 1.06 bits per heavy atom. The van der Waals surface area contributed by atoms with Crippen LogP contribution >= 0.6 is 11.6 Å². The van der Waals surface area contributed by atoms with Gasteiger partial charge >= 0.3 is 0 Å². The smallest absolute Gasteiger partial charge is 0.255 e. The van der Waals surface area contributed by atoms with Crippen LogP contribution < -0.4 is 15.4 Å². The van der Waals surface area contributed by atoms with E-state index in [2.05, 4.69) is 21.7 Å². The number of amides is 1. The number of benzene rings is 3. The first-order chi connectivity index (χ1) is 16.1. The monoisotopic (exact) mass is 457 g/mol. The Labute approximate surface area is 196 Å². The summed E-state index contributed by atoms with van der Waals surface area (Å²) in [7, 11) is 0. The summed E-state index contributed by atoms with van der Waals surface area (Å²) in [5.74, 6) is 0.399. The zero-order valence-corrected chi connectivity index (χ0v) is 18.3. The molecular weight excluding hydrogens is 438 g/mol. The van der Waals surface area contributed by atoms with E-state index in [0.29, 0.717) is 40.7 Å². The minimum absolute atomic E-state index is 0.280. The maximum absolute atomic E-state index is 12.7. The maximum atomic E-state index is 12.7. The second-order valence-electron chi connectivity index (χ2n) is 7.14. The second kappa shape index (κ2) is 10.4. The molecule has 0 bridgehead atoms. The van der Waals surface area contributed by atoms with Crippen LogP contribution in [0.25, 0.3) is 0 Å². The minimum Gasteiger partial charge on any atom is -0.492 e. The van der Waals surface area contributed by atoms with Gasteiger partial charge in [-0.3, -0.25) is 4.79 Å². The van der Waals surface area contributed by atoms with Gasteiger partial charge < -0.3 is 19.9 Å². The van der Waals surface area contributed by atoms with Crippen molar-refractivity contribution in [2.24, 2.45) is 0 Å². The second-order valence-corrected chi connectivity index (χ2v) is 7.54. The van der Waals surface area contributed by atoms with Crippen molar-refractivity contribution in [3.8, 4) is 11.8 Å². The number of ether oxygens (including phenoxy) is 1. The number of carbonyl (C=O) groups is 1. The van der Waals surface area contributed by atoms with Gasteiger partial charge in [-0.1, -0.05) is 11.6 Å². The fourth-order valence-electron chi connectivity index (χ4n) is 3.08. The lowest BCUT2D eigenvalue weighted by Crippen LogP contribution is -2.12. The summed E-state index contributed by atoms with van der Waals surface area (Å²) in [6.07, 6.45) is 5.33. The summed E-state index contributed by atoms with van der Waals surface area (Å²) < 4.78 is 7.64. The predicted molar refractivity (Wildman–Crippen MR) is 128 cm³/mol. The molecule has 1 amide bonds. The van der Waals surface area contributed by atoms with E-state index in [-0.39, 0.29) is 5.91 Å². The average Bonchev–Trinajstić information content (AvgIpc) is 3.36. The summed E-state index contributed by atoms with van der Waals surface area (Å²) in [5, 5.41) is 15.4. The van der Waals surface area contributed by atoms with Crippen molar-refractivity contribution in [1.29, 1.82) is 5.26 Å². The summed E-state index contributed by atoms with van der Waals surface area (Å²) in [6.45, 7) is 1.18. The number of carbonyl (C=O) groups excluding carboxylic acids is 1. The van der Waals surface area contributed by atoms with Gasteiger partial charge in [0.2, 0.25) is 0 Å². The van der Waals surface area contributed by atoms with Crippen molar-refractivity contribution in [3.63, 3.8) is 0 Å². The Balaban J connectivity index is 1.37. The van der Waals surface area contributed by atoms with Crippen LogP contribution in [0.5, 0.6) is 5.75 Å². The number of imidazole rings is 1. The highest BCUT2D eigenvalue weighted by Crippen LogP contribution is 2.28. The lowest BCUT2D eigenvalue weighted by atomic mass is 10.2. The molecule has 0 fully saturated rings. The van der Waals surface area contributed by atoms with Crippen molar-refractivity contribution in [1.82, 2.24) is 9.55 Å². The highest BCUT2D eigenvalue weighted by atomic mass is 35.5. The number of aromatic nitrogens is 2. The fraction of sp³-hybridized carbons (Fsp3) is 0.0800. The molecule has 0 unspecified atom stereocenters. The standard InChI is InChI=1S/C25H20ClN5O2/c26-23-10-7-21(29-20-5-1-18(16-27)2-6-20)15-24(23)30-25(32)19-3-8-22(9-4-19)33-14-13-31-12-11-28-17-31/h1-12,15,17,29H,13-14H2,(H,30,32). The highest BCUT2D eigenvalue weighted by molar-refractivity contribution is 6.34. The van der Waals surface area contributed by atoms with Crippen molar-refractivity contribution < 1.29 is 9.53 Å². The first-order valence-corrected chi connectivity index (χ1v) is 10.6. The van der Waals surface area contributed by atoms with Crippen molar-refractivity contribution >= 4 is 34.6 Å². The van der Waals surface area contributed by atoms with E-state index in [4.69, 9.17) is 21.6 Å². The number of halogens is 1. The van der Waals surface area contributed by atoms with Crippen LogP contribution in [0.3, 0.4) is 0 Å². The maximum Gasteiger partial charge on any atom is 0.255 e. The molecule has 2 N–H and O–H groups in total. The molecule has 7 nitrogen and oxygen atoms in total. The first-order valence-electron chi connectivity index (χ1n) is 10.2. The molecule has 1 heterocycles. The molecule has 8 heteroatoms. The Kier molecular flexibility index (Phi) is 6.88. The first kappa shape index (κ1) is 21.9. The highest BCUT2D eigenvalue weighted by Gasteiger charge is 2.10. The van der Waals surface area contributed by atoms with E-state index >= 15 is 0 Å². The SMILES string of the molecule is N#Cc1ccc(Nc2ccc(Cl)c(NC(=O)c3ccc(OCCn4ccnc4)cc3)c2)cc1. The molecule has 33 heavy (non-hydrogen) atoms. The van der Waals surface area contributed by atoms with Gasteiger partial charge in [-0.25, -0.2) is 4.98 Å². The van der Waals surface area contributed by atoms with Crippen molar-refractivity contribution in [2.45, 2.75) is 6.54 Å². The predicted octanol–water partition coefficient (Wildman–Crippen LogP) is 5.48. The normalized spacial score (nSPS) is 10.3. The molecule has 0 saturated carbocycles. The van der Waals surface area contributed by atoms with Gasteiger partial charge in [-0.05, 0) is 66.7 Å². The van der Waals surface area contributed by atoms with Crippen LogP contribution in [0.15, 0.2) is 85.5 Å². The summed E-state index contributed by atoms with van der Waals surface area (Å²) >= 11 is 6.29. The zero-order chi connectivity index (χ0) is 23.0. The Bertz CT molecular complexity index is 1260. The van der Waals surface area contributed by atoms with Crippen LogP contribution in [0, 0.1) is 11.3 Å². The molecule has 4 aromatic rings. The van der Waals surface area contributed by atoms with Crippen LogP contribution in [0.1, 0.15) is 15.9 Å². The molecule has 3 aromatic carbocycles. The minimum atomic E-state index is -0.280. The number of nitrogens with one attached hydrogen (secondary N) is 2. The number of nitrogens with zero attached hydrogens (tertiary/aromatic N) is 3. The van der Waals surface area contributed by atoms with E-state index < -0.39 is 0 Å². The fourth-order valence-corrected chi connectivity index (χ4v) is 3.24. The topological polar surface area (TPSA) is 92.0 Å². The summed E-state index contributed by atoms with van der Waals surface area (Å²) in [5.41, 5.74) is 3.12. The summed E-state index contributed by atoms with van der Waals surface area (Å²) in [4.78, 5) is 16.7. The lowest BCUT2D eigenvalue weighted by molar-refractivity contribution is 0.102. The van der Waals surface area contributed by atoms with Crippen LogP contribution in [-0.2, 0) is 6.54 Å². The van der Waals surface area contributed by atoms with E-state index in [1.807, 2.05) is 29.0 Å². The zero-order valence-electron chi connectivity index (χ0n) is 17.5. The van der Waals surface area contributed by atoms with Gasteiger partial charge in [0, 0.05) is 29.3 Å². The number of anilines is 3. The molecule has 0 atom stereocenters. The Hall–Kier alpha value is -4.28. The van der Waals surface area contributed by atoms with E-state index in [0.717, 1.165) is 11.4 Å². The molecule has 0 radical (unpaired) electrons. The molecule has 0 aliphatic carbocycles. The van der Waals surface area contributed by atoms with Gasteiger partial charge in [0.25, 0.3) is 5.91 Å². The van der Waals surface area contributed by atoms with E-state index in [1.165, 1.54) is 0 Å². The molecular formula is C25H20ClN5O2. The Morgan fingerprint density at radius 3 is 2.52 bits per heavy atom. The molecule has 0 aliphatic rings. The lowest BCUT2D eigenvalue weighted by Gasteiger charge is -2.12. The van der Waals surface area contributed by atoms with Crippen LogP contribution in [0.2, 0.25) is 5.02 Å². The molecule has 164 valence electrons. The number of hydrogen-bond donors (Lipinski definition) is 2. The van der Waals surface area contributed by atoms with Gasteiger partial charge in [0.15, 0.2) is 0 Å². The number of rotatable bonds is 8. The van der Waals surface area contributed by atoms with E-state index in [1.54, 1.807) is 61.1 Å². The summed E-state index contributed by atoms with van der Waals surface area (Å²) in [6, 6.07) is 21.4. The molecule has 4 rings (SSSR count). The molecule has 0 spiro atoms. The van der Waals surface area contributed by atoms with Gasteiger partial charge in [0.05, 0.1) is 35.2 Å². The quantitative estimate of drug-likeness (QED) is 0.365.